The van der Waals surface area contributed by atoms with Gasteiger partial charge in [-0.05, 0) is 35.0 Å². The fourth-order valence-corrected chi connectivity index (χ4v) is 1.70. The highest BCUT2D eigenvalue weighted by Crippen LogP contribution is 2.21. The molecule has 2 rings (SSSR count). The van der Waals surface area contributed by atoms with Crippen LogP contribution in [0, 0.1) is 0 Å². The van der Waals surface area contributed by atoms with Crippen molar-refractivity contribution in [1.82, 2.24) is 14.8 Å². The number of rotatable bonds is 3. The maximum atomic E-state index is 4.33. The molecule has 86 valence electrons. The molecule has 0 spiro atoms. The van der Waals surface area contributed by atoms with Crippen LogP contribution in [-0.4, -0.2) is 21.3 Å². The summed E-state index contributed by atoms with van der Waals surface area (Å²) in [5, 5.41) is 7.55. The zero-order valence-corrected chi connectivity index (χ0v) is 11.1. The lowest BCUT2D eigenvalue weighted by molar-refractivity contribution is 0.864. The first-order valence-electron chi connectivity index (χ1n) is 4.70. The van der Waals surface area contributed by atoms with E-state index < -0.39 is 0 Å². The average Bonchev–Trinajstić information content (AvgIpc) is 2.63. The van der Waals surface area contributed by atoms with E-state index >= 15 is 0 Å². The summed E-state index contributed by atoms with van der Waals surface area (Å²) in [7, 11) is 0. The molecule has 0 aliphatic rings. The summed E-state index contributed by atoms with van der Waals surface area (Å²) in [6.07, 6.45) is 5.45. The Balaban J connectivity index is 0.00000128. The minimum Gasteiger partial charge on any atom is -0.382 e. The number of aromatic nitrogens is 3. The molecule has 0 bridgehead atoms. The third-order valence-corrected chi connectivity index (χ3v) is 2.53. The predicted octanol–water partition coefficient (Wildman–Crippen LogP) is 2.88. The Labute approximate surface area is 109 Å². The van der Waals surface area contributed by atoms with Gasteiger partial charge in [-0.15, -0.1) is 12.4 Å². The van der Waals surface area contributed by atoms with E-state index in [2.05, 4.69) is 31.3 Å². The SMILES string of the molecule is CCNc1cn(-c2cccnc2)nc1Br.Cl. The number of nitrogens with zero attached hydrogens (tertiary/aromatic N) is 3. The maximum Gasteiger partial charge on any atom is 0.151 e. The zero-order valence-electron chi connectivity index (χ0n) is 8.72. The van der Waals surface area contributed by atoms with Crippen molar-refractivity contribution in [3.05, 3.63) is 35.3 Å². The van der Waals surface area contributed by atoms with Crippen molar-refractivity contribution < 1.29 is 0 Å². The molecule has 0 amide bonds. The summed E-state index contributed by atoms with van der Waals surface area (Å²) < 4.78 is 2.60. The smallest absolute Gasteiger partial charge is 0.151 e. The van der Waals surface area contributed by atoms with Crippen LogP contribution in [0.3, 0.4) is 0 Å². The molecule has 6 heteroatoms. The van der Waals surface area contributed by atoms with Gasteiger partial charge in [-0.3, -0.25) is 4.98 Å². The molecular weight excluding hydrogens is 291 g/mol. The largest absolute Gasteiger partial charge is 0.382 e. The molecule has 0 aliphatic carbocycles. The van der Waals surface area contributed by atoms with Crippen LogP contribution in [0.2, 0.25) is 0 Å². The molecule has 2 aromatic heterocycles. The average molecular weight is 304 g/mol. The van der Waals surface area contributed by atoms with Crippen LogP contribution < -0.4 is 5.32 Å². The molecule has 0 atom stereocenters. The van der Waals surface area contributed by atoms with Crippen molar-refractivity contribution in [2.24, 2.45) is 0 Å². The van der Waals surface area contributed by atoms with Crippen molar-refractivity contribution in [2.45, 2.75) is 6.92 Å². The molecule has 0 fully saturated rings. The van der Waals surface area contributed by atoms with Gasteiger partial charge in [0, 0.05) is 12.7 Å². The molecule has 2 aromatic rings. The Morgan fingerprint density at radius 1 is 1.50 bits per heavy atom. The zero-order chi connectivity index (χ0) is 10.7. The van der Waals surface area contributed by atoms with E-state index in [0.29, 0.717) is 0 Å². The molecule has 0 saturated heterocycles. The highest BCUT2D eigenvalue weighted by Gasteiger charge is 2.05. The number of pyridine rings is 1. The van der Waals surface area contributed by atoms with Gasteiger partial charge in [-0.2, -0.15) is 5.10 Å². The molecule has 4 nitrogen and oxygen atoms in total. The molecule has 16 heavy (non-hydrogen) atoms. The number of hydrogen-bond acceptors (Lipinski definition) is 3. The Hall–Kier alpha value is -1.07. The van der Waals surface area contributed by atoms with Gasteiger partial charge in [0.1, 0.15) is 0 Å². The van der Waals surface area contributed by atoms with E-state index in [9.17, 15) is 0 Å². The van der Waals surface area contributed by atoms with Gasteiger partial charge in [0.2, 0.25) is 0 Å². The Kier molecular flexibility index (Phi) is 4.76. The number of hydrogen-bond donors (Lipinski definition) is 1. The standard InChI is InChI=1S/C10H11BrN4.ClH/c1-2-13-9-7-15(14-10(9)11)8-4-3-5-12-6-8;/h3-7,13H,2H2,1H3;1H. The molecule has 1 N–H and O–H groups in total. The molecule has 0 aromatic carbocycles. The first kappa shape index (κ1) is 13.0. The van der Waals surface area contributed by atoms with Crippen molar-refractivity contribution in [3.8, 4) is 5.69 Å². The first-order valence-corrected chi connectivity index (χ1v) is 5.50. The van der Waals surface area contributed by atoms with Gasteiger partial charge in [-0.1, -0.05) is 0 Å². The summed E-state index contributed by atoms with van der Waals surface area (Å²) in [6.45, 7) is 2.92. The molecule has 0 unspecified atom stereocenters. The topological polar surface area (TPSA) is 42.7 Å². The third kappa shape index (κ3) is 2.74. The van der Waals surface area contributed by atoms with E-state index in [1.807, 2.05) is 25.3 Å². The van der Waals surface area contributed by atoms with Crippen LogP contribution in [0.4, 0.5) is 5.69 Å². The number of nitrogens with one attached hydrogen (secondary N) is 1. The predicted molar refractivity (Wildman–Crippen MR) is 70.5 cm³/mol. The quantitative estimate of drug-likeness (QED) is 0.948. The summed E-state index contributed by atoms with van der Waals surface area (Å²) in [5.41, 5.74) is 1.93. The lowest BCUT2D eigenvalue weighted by Gasteiger charge is -1.98. The Morgan fingerprint density at radius 3 is 2.94 bits per heavy atom. The van der Waals surface area contributed by atoms with Gasteiger partial charge in [0.15, 0.2) is 4.60 Å². The van der Waals surface area contributed by atoms with E-state index in [-0.39, 0.29) is 12.4 Å². The van der Waals surface area contributed by atoms with Gasteiger partial charge in [-0.25, -0.2) is 4.68 Å². The van der Waals surface area contributed by atoms with Crippen LogP contribution in [0.15, 0.2) is 35.3 Å². The van der Waals surface area contributed by atoms with Crippen LogP contribution >= 0.6 is 28.3 Å². The van der Waals surface area contributed by atoms with Gasteiger partial charge in [0.05, 0.1) is 23.8 Å². The lowest BCUT2D eigenvalue weighted by atomic mass is 10.4. The van der Waals surface area contributed by atoms with Crippen LogP contribution in [0.1, 0.15) is 6.92 Å². The second-order valence-corrected chi connectivity index (χ2v) is 3.77. The van der Waals surface area contributed by atoms with Crippen molar-refractivity contribution in [3.63, 3.8) is 0 Å². The summed E-state index contributed by atoms with van der Waals surface area (Å²) in [5.74, 6) is 0. The van der Waals surface area contributed by atoms with Crippen molar-refractivity contribution in [2.75, 3.05) is 11.9 Å². The normalized spacial score (nSPS) is 9.62. The van der Waals surface area contributed by atoms with Crippen LogP contribution in [-0.2, 0) is 0 Å². The second-order valence-electron chi connectivity index (χ2n) is 3.02. The van der Waals surface area contributed by atoms with E-state index in [0.717, 1.165) is 22.5 Å². The Bertz CT molecular complexity index is 443. The molecule has 0 radical (unpaired) electrons. The molecule has 0 aliphatic heterocycles. The summed E-state index contributed by atoms with van der Waals surface area (Å²) in [6, 6.07) is 3.85. The fourth-order valence-electron chi connectivity index (χ4n) is 1.28. The monoisotopic (exact) mass is 302 g/mol. The second kappa shape index (κ2) is 5.86. The third-order valence-electron chi connectivity index (χ3n) is 1.95. The number of anilines is 1. The van der Waals surface area contributed by atoms with E-state index in [1.54, 1.807) is 17.1 Å². The van der Waals surface area contributed by atoms with Crippen molar-refractivity contribution >= 4 is 34.0 Å². The fraction of sp³-hybridized carbons (Fsp3) is 0.200. The van der Waals surface area contributed by atoms with E-state index in [1.165, 1.54) is 0 Å². The summed E-state index contributed by atoms with van der Waals surface area (Å²) in [4.78, 5) is 4.05. The van der Waals surface area contributed by atoms with Crippen molar-refractivity contribution in [1.29, 1.82) is 0 Å². The molecule has 0 saturated carbocycles. The van der Waals surface area contributed by atoms with E-state index in [4.69, 9.17) is 0 Å². The van der Waals surface area contributed by atoms with Gasteiger partial charge in [0.25, 0.3) is 0 Å². The highest BCUT2D eigenvalue weighted by atomic mass is 79.9. The minimum absolute atomic E-state index is 0. The minimum atomic E-state index is 0. The molecular formula is C10H12BrClN4. The van der Waals surface area contributed by atoms with Crippen LogP contribution in [0.25, 0.3) is 5.69 Å². The van der Waals surface area contributed by atoms with Gasteiger partial charge >= 0.3 is 0 Å². The lowest BCUT2D eigenvalue weighted by Crippen LogP contribution is -1.96. The van der Waals surface area contributed by atoms with Gasteiger partial charge < -0.3 is 5.32 Å². The highest BCUT2D eigenvalue weighted by molar-refractivity contribution is 9.10. The first-order chi connectivity index (χ1) is 7.31. The van der Waals surface area contributed by atoms with Crippen LogP contribution in [0.5, 0.6) is 0 Å². The summed E-state index contributed by atoms with van der Waals surface area (Å²) >= 11 is 3.40. The number of halogens is 2. The maximum absolute atomic E-state index is 4.33. The molecule has 2 heterocycles. The Morgan fingerprint density at radius 2 is 2.31 bits per heavy atom.